The summed E-state index contributed by atoms with van der Waals surface area (Å²) in [4.78, 5) is 0. The smallest absolute Gasteiger partial charge is 0.157 e. The lowest BCUT2D eigenvalue weighted by Crippen LogP contribution is -2.23. The molecule has 0 aromatic carbocycles. The van der Waals surface area contributed by atoms with Gasteiger partial charge in [-0.3, -0.25) is 0 Å². The van der Waals surface area contributed by atoms with Crippen molar-refractivity contribution in [2.45, 2.75) is 246 Å². The van der Waals surface area contributed by atoms with E-state index in [1.807, 2.05) is 13.8 Å². The fourth-order valence-electron chi connectivity index (χ4n) is 6.15. The fraction of sp³-hybridized carbons (Fsp3) is 1.00. The second kappa shape index (κ2) is 38.1. The molecule has 0 aromatic heterocycles. The number of unbranched alkanes of at least 4 members (excludes halogenated alkanes) is 30. The van der Waals surface area contributed by atoms with Gasteiger partial charge in [-0.05, 0) is 26.7 Å². The van der Waals surface area contributed by atoms with E-state index in [1.54, 1.807) is 0 Å². The molecule has 0 N–H and O–H groups in total. The van der Waals surface area contributed by atoms with Crippen LogP contribution in [0, 0.1) is 0 Å². The van der Waals surface area contributed by atoms with Crippen molar-refractivity contribution in [1.29, 1.82) is 0 Å². The van der Waals surface area contributed by atoms with E-state index in [1.165, 1.54) is 193 Å². The average molecular weight is 611 g/mol. The van der Waals surface area contributed by atoms with Crippen LogP contribution in [0.3, 0.4) is 0 Å². The van der Waals surface area contributed by atoms with Gasteiger partial charge in [-0.15, -0.1) is 0 Å². The Kier molecular flexibility index (Phi) is 38.0. The Labute approximate surface area is 272 Å². The minimum atomic E-state index is -0.183. The molecule has 0 saturated heterocycles. The predicted molar refractivity (Wildman–Crippen MR) is 191 cm³/mol. The van der Waals surface area contributed by atoms with Crippen molar-refractivity contribution in [3.8, 4) is 0 Å². The van der Waals surface area contributed by atoms with Gasteiger partial charge in [0.05, 0.1) is 0 Å². The van der Waals surface area contributed by atoms with Crippen LogP contribution in [0.25, 0.3) is 0 Å². The first kappa shape index (κ1) is 42.9. The molecule has 0 rings (SSSR count). The van der Waals surface area contributed by atoms with Gasteiger partial charge in [-0.25, -0.2) is 0 Å². The van der Waals surface area contributed by atoms with Crippen LogP contribution >= 0.6 is 0 Å². The highest BCUT2D eigenvalue weighted by atomic mass is 16.8. The van der Waals surface area contributed by atoms with E-state index in [-0.39, 0.29) is 12.6 Å². The number of hydrogen-bond acceptors (Lipinski definition) is 3. The molecule has 260 valence electrons. The third-order valence-electron chi connectivity index (χ3n) is 9.08. The molecule has 0 radical (unpaired) electrons. The second-order valence-corrected chi connectivity index (χ2v) is 13.6. The van der Waals surface area contributed by atoms with Crippen molar-refractivity contribution in [3.63, 3.8) is 0 Å². The summed E-state index contributed by atoms with van der Waals surface area (Å²) < 4.78 is 17.6. The summed E-state index contributed by atoms with van der Waals surface area (Å²) in [7, 11) is 0. The molecule has 0 aliphatic rings. The topological polar surface area (TPSA) is 27.7 Å². The Morgan fingerprint density at radius 3 is 0.674 bits per heavy atom. The van der Waals surface area contributed by atoms with Crippen molar-refractivity contribution in [2.24, 2.45) is 0 Å². The van der Waals surface area contributed by atoms with Gasteiger partial charge in [0.2, 0.25) is 0 Å². The summed E-state index contributed by atoms with van der Waals surface area (Å²) >= 11 is 0. The van der Waals surface area contributed by atoms with Crippen LogP contribution in [-0.4, -0.2) is 25.8 Å². The van der Waals surface area contributed by atoms with E-state index in [0.29, 0.717) is 0 Å². The molecule has 0 spiro atoms. The van der Waals surface area contributed by atoms with Gasteiger partial charge < -0.3 is 14.2 Å². The van der Waals surface area contributed by atoms with Crippen molar-refractivity contribution in [2.75, 3.05) is 13.2 Å². The maximum atomic E-state index is 5.87. The van der Waals surface area contributed by atoms with Crippen molar-refractivity contribution in [1.82, 2.24) is 0 Å². The molecule has 3 nitrogen and oxygen atoms in total. The highest BCUT2D eigenvalue weighted by Crippen LogP contribution is 2.15. The van der Waals surface area contributed by atoms with Crippen molar-refractivity contribution >= 4 is 0 Å². The molecule has 0 aliphatic heterocycles. The zero-order chi connectivity index (χ0) is 31.3. The molecule has 2 atom stereocenters. The van der Waals surface area contributed by atoms with Crippen molar-refractivity contribution < 1.29 is 14.2 Å². The molecule has 0 fully saturated rings. The van der Waals surface area contributed by atoms with Crippen LogP contribution < -0.4 is 0 Å². The van der Waals surface area contributed by atoms with Gasteiger partial charge in [-0.1, -0.05) is 206 Å². The monoisotopic (exact) mass is 611 g/mol. The Bertz CT molecular complexity index is 440. The Morgan fingerprint density at radius 2 is 0.465 bits per heavy atom. The second-order valence-electron chi connectivity index (χ2n) is 13.6. The Morgan fingerprint density at radius 1 is 0.279 bits per heavy atom. The maximum Gasteiger partial charge on any atom is 0.157 e. The highest BCUT2D eigenvalue weighted by molar-refractivity contribution is 4.52. The van der Waals surface area contributed by atoms with Gasteiger partial charge in [0.1, 0.15) is 0 Å². The molecule has 0 aliphatic carbocycles. The lowest BCUT2D eigenvalue weighted by atomic mass is 10.0. The van der Waals surface area contributed by atoms with E-state index >= 15 is 0 Å². The quantitative estimate of drug-likeness (QED) is 0.0514. The fourth-order valence-corrected chi connectivity index (χ4v) is 6.15. The van der Waals surface area contributed by atoms with E-state index in [4.69, 9.17) is 14.2 Å². The highest BCUT2D eigenvalue weighted by Gasteiger charge is 2.09. The van der Waals surface area contributed by atoms with Gasteiger partial charge in [0.15, 0.2) is 12.6 Å². The first-order chi connectivity index (χ1) is 21.2. The number of rotatable bonds is 38. The maximum absolute atomic E-state index is 5.87. The SMILES string of the molecule is CCCCCCCCCCCCCCCCCCOC(C)OC(C)OCCCCCCCCCCCCCCCCCC. The minimum absolute atomic E-state index is 0.183. The lowest BCUT2D eigenvalue weighted by Gasteiger charge is -2.20. The van der Waals surface area contributed by atoms with Crippen LogP contribution in [0.15, 0.2) is 0 Å². The summed E-state index contributed by atoms with van der Waals surface area (Å²) in [6, 6.07) is 0. The minimum Gasteiger partial charge on any atom is -0.353 e. The lowest BCUT2D eigenvalue weighted by molar-refractivity contribution is -0.231. The largest absolute Gasteiger partial charge is 0.353 e. The van der Waals surface area contributed by atoms with Gasteiger partial charge >= 0.3 is 0 Å². The average Bonchev–Trinajstić information content (AvgIpc) is 3.00. The van der Waals surface area contributed by atoms with E-state index in [0.717, 1.165) is 26.1 Å². The third kappa shape index (κ3) is 38.0. The van der Waals surface area contributed by atoms with Crippen molar-refractivity contribution in [3.05, 3.63) is 0 Å². The Hall–Kier alpha value is -0.120. The summed E-state index contributed by atoms with van der Waals surface area (Å²) in [5.41, 5.74) is 0. The number of hydrogen-bond donors (Lipinski definition) is 0. The Balaban J connectivity index is 3.25. The molecule has 43 heavy (non-hydrogen) atoms. The molecule has 0 aromatic rings. The van der Waals surface area contributed by atoms with E-state index < -0.39 is 0 Å². The predicted octanol–water partition coefficient (Wildman–Crippen LogP) is 14.3. The van der Waals surface area contributed by atoms with Crippen LogP contribution in [-0.2, 0) is 14.2 Å². The van der Waals surface area contributed by atoms with E-state index in [2.05, 4.69) is 13.8 Å². The van der Waals surface area contributed by atoms with Crippen LogP contribution in [0.5, 0.6) is 0 Å². The van der Waals surface area contributed by atoms with Gasteiger partial charge in [0, 0.05) is 13.2 Å². The van der Waals surface area contributed by atoms with Crippen LogP contribution in [0.2, 0.25) is 0 Å². The van der Waals surface area contributed by atoms with E-state index in [9.17, 15) is 0 Å². The molecule has 0 amide bonds. The van der Waals surface area contributed by atoms with Crippen LogP contribution in [0.1, 0.15) is 233 Å². The molecule has 0 bridgehead atoms. The summed E-state index contributed by atoms with van der Waals surface area (Å²) in [5, 5.41) is 0. The molecule has 0 saturated carbocycles. The van der Waals surface area contributed by atoms with Crippen LogP contribution in [0.4, 0.5) is 0 Å². The standard InChI is InChI=1S/C40H82O3/c1-5-7-9-11-13-15-17-19-21-23-25-27-29-31-33-35-37-41-39(3)43-40(4)42-38-36-34-32-30-28-26-24-22-20-18-16-14-12-10-8-6-2/h39-40H,5-38H2,1-4H3. The van der Waals surface area contributed by atoms with Gasteiger partial charge in [0.25, 0.3) is 0 Å². The molecule has 2 unspecified atom stereocenters. The summed E-state index contributed by atoms with van der Waals surface area (Å²) in [6.45, 7) is 10.2. The molecular formula is C40H82O3. The third-order valence-corrected chi connectivity index (χ3v) is 9.08. The first-order valence-electron chi connectivity index (χ1n) is 20.1. The zero-order valence-electron chi connectivity index (χ0n) is 30.4. The molecule has 3 heteroatoms. The van der Waals surface area contributed by atoms with Gasteiger partial charge in [-0.2, -0.15) is 0 Å². The normalized spacial score (nSPS) is 13.1. The summed E-state index contributed by atoms with van der Waals surface area (Å²) in [6.07, 6.45) is 44.4. The first-order valence-corrected chi connectivity index (χ1v) is 20.1. The zero-order valence-corrected chi connectivity index (χ0v) is 30.4. The molecular weight excluding hydrogens is 528 g/mol. The molecule has 0 heterocycles. The summed E-state index contributed by atoms with van der Waals surface area (Å²) in [5.74, 6) is 0. The number of ether oxygens (including phenoxy) is 3.